The van der Waals surface area contributed by atoms with Crippen molar-refractivity contribution in [3.8, 4) is 0 Å². The molecule has 1 saturated carbocycles. The molecular formula is C22H33FIN5. The first kappa shape index (κ1) is 23.6. The Labute approximate surface area is 190 Å². The van der Waals surface area contributed by atoms with Crippen molar-refractivity contribution in [3.63, 3.8) is 0 Å². The van der Waals surface area contributed by atoms with Gasteiger partial charge in [-0.05, 0) is 50.3 Å². The number of aliphatic imine (C=N–C) groups is 1. The smallest absolute Gasteiger partial charge is 0.191 e. The summed E-state index contributed by atoms with van der Waals surface area (Å²) >= 11 is 0. The van der Waals surface area contributed by atoms with Gasteiger partial charge in [0, 0.05) is 36.8 Å². The van der Waals surface area contributed by atoms with Crippen LogP contribution in [0.3, 0.4) is 0 Å². The van der Waals surface area contributed by atoms with E-state index in [0.29, 0.717) is 6.54 Å². The monoisotopic (exact) mass is 513 g/mol. The Morgan fingerprint density at radius 2 is 1.97 bits per heavy atom. The summed E-state index contributed by atoms with van der Waals surface area (Å²) in [5, 5.41) is 11.5. The normalized spacial score (nSPS) is 15.0. The van der Waals surface area contributed by atoms with Crippen LogP contribution >= 0.6 is 24.0 Å². The maximum atomic E-state index is 13.6. The molecule has 1 aliphatic carbocycles. The van der Waals surface area contributed by atoms with E-state index in [0.717, 1.165) is 56.0 Å². The fraction of sp³-hybridized carbons (Fsp3) is 0.545. The van der Waals surface area contributed by atoms with Crippen molar-refractivity contribution in [2.75, 3.05) is 13.1 Å². The van der Waals surface area contributed by atoms with Gasteiger partial charge in [0.05, 0.1) is 12.2 Å². The van der Waals surface area contributed by atoms with Gasteiger partial charge < -0.3 is 10.6 Å². The molecule has 0 saturated heterocycles. The molecule has 1 aromatic carbocycles. The standard InChI is InChI=1S/C22H32FN5.HI/c1-5-19-18(20(6-2)28(4)27-19)14-25-21(24-7-3)26-15-22(11-12-22)16-9-8-10-17(23)13-16;/h8-10,13H,5-7,11-12,14-15H2,1-4H3,(H2,24,25,26);1H. The first-order valence-corrected chi connectivity index (χ1v) is 10.3. The molecule has 3 rings (SSSR count). The Balaban J connectivity index is 0.00000300. The highest BCUT2D eigenvalue weighted by Crippen LogP contribution is 2.47. The second-order valence-corrected chi connectivity index (χ2v) is 7.54. The quantitative estimate of drug-likeness (QED) is 0.318. The van der Waals surface area contributed by atoms with Crippen LogP contribution in [0.5, 0.6) is 0 Å². The Morgan fingerprint density at radius 1 is 1.21 bits per heavy atom. The Morgan fingerprint density at radius 3 is 2.55 bits per heavy atom. The number of rotatable bonds is 8. The highest BCUT2D eigenvalue weighted by atomic mass is 127. The van der Waals surface area contributed by atoms with Gasteiger partial charge in [-0.2, -0.15) is 5.10 Å². The van der Waals surface area contributed by atoms with Crippen LogP contribution < -0.4 is 10.6 Å². The summed E-state index contributed by atoms with van der Waals surface area (Å²) in [5.74, 6) is 0.637. The van der Waals surface area contributed by atoms with E-state index in [1.54, 1.807) is 12.1 Å². The van der Waals surface area contributed by atoms with E-state index in [2.05, 4.69) is 36.5 Å². The fourth-order valence-electron chi connectivity index (χ4n) is 3.86. The van der Waals surface area contributed by atoms with E-state index in [9.17, 15) is 4.39 Å². The molecule has 0 unspecified atom stereocenters. The highest BCUT2D eigenvalue weighted by molar-refractivity contribution is 14.0. The minimum Gasteiger partial charge on any atom is -0.357 e. The van der Waals surface area contributed by atoms with Crippen molar-refractivity contribution in [1.29, 1.82) is 0 Å². The van der Waals surface area contributed by atoms with E-state index < -0.39 is 0 Å². The van der Waals surface area contributed by atoms with Gasteiger partial charge in [0.15, 0.2) is 5.96 Å². The summed E-state index contributed by atoms with van der Waals surface area (Å²) in [6.45, 7) is 8.53. The molecule has 1 fully saturated rings. The second kappa shape index (κ2) is 10.4. The van der Waals surface area contributed by atoms with E-state index >= 15 is 0 Å². The van der Waals surface area contributed by atoms with Gasteiger partial charge in [0.25, 0.3) is 0 Å². The molecule has 0 radical (unpaired) electrons. The summed E-state index contributed by atoms with van der Waals surface area (Å²) in [5.41, 5.74) is 4.70. The molecule has 0 atom stereocenters. The lowest BCUT2D eigenvalue weighted by molar-refractivity contribution is 0.607. The topological polar surface area (TPSA) is 54.2 Å². The minimum atomic E-state index is -0.167. The van der Waals surface area contributed by atoms with Crippen LogP contribution in [0.2, 0.25) is 0 Å². The predicted octanol–water partition coefficient (Wildman–Crippen LogP) is 4.09. The van der Waals surface area contributed by atoms with Gasteiger partial charge in [0.2, 0.25) is 0 Å². The molecule has 0 spiro atoms. The van der Waals surface area contributed by atoms with Crippen LogP contribution in [0.25, 0.3) is 0 Å². The summed E-state index contributed by atoms with van der Waals surface area (Å²) in [7, 11) is 2.00. The number of nitrogens with one attached hydrogen (secondary N) is 2. The maximum absolute atomic E-state index is 13.6. The van der Waals surface area contributed by atoms with Crippen molar-refractivity contribution in [2.24, 2.45) is 12.0 Å². The first-order valence-electron chi connectivity index (χ1n) is 10.3. The SMILES string of the molecule is CCNC(=NCc1c(CC)nn(C)c1CC)NCC1(c2cccc(F)c2)CC1.I. The molecule has 5 nitrogen and oxygen atoms in total. The van der Waals surface area contributed by atoms with E-state index in [-0.39, 0.29) is 35.2 Å². The molecule has 2 aromatic rings. The van der Waals surface area contributed by atoms with Crippen LogP contribution in [0, 0.1) is 5.82 Å². The molecular weight excluding hydrogens is 480 g/mol. The predicted molar refractivity (Wildman–Crippen MR) is 128 cm³/mol. The molecule has 2 N–H and O–H groups in total. The lowest BCUT2D eigenvalue weighted by Crippen LogP contribution is -2.41. The molecule has 160 valence electrons. The van der Waals surface area contributed by atoms with Crippen molar-refractivity contribution in [1.82, 2.24) is 20.4 Å². The van der Waals surface area contributed by atoms with Crippen molar-refractivity contribution in [2.45, 2.75) is 58.4 Å². The summed E-state index contributed by atoms with van der Waals surface area (Å²) in [6.07, 6.45) is 4.00. The van der Waals surface area contributed by atoms with E-state index in [1.165, 1.54) is 17.3 Å². The second-order valence-electron chi connectivity index (χ2n) is 7.54. The number of hydrogen-bond donors (Lipinski definition) is 2. The Hall–Kier alpha value is -1.64. The molecule has 0 aliphatic heterocycles. The van der Waals surface area contributed by atoms with Gasteiger partial charge in [-0.15, -0.1) is 24.0 Å². The van der Waals surface area contributed by atoms with Gasteiger partial charge in [-0.25, -0.2) is 9.38 Å². The van der Waals surface area contributed by atoms with Gasteiger partial charge >= 0.3 is 0 Å². The molecule has 1 heterocycles. The number of guanidine groups is 1. The van der Waals surface area contributed by atoms with Crippen LogP contribution in [-0.2, 0) is 31.8 Å². The average Bonchev–Trinajstić information content (AvgIpc) is 3.42. The Bertz CT molecular complexity index is 842. The van der Waals surface area contributed by atoms with E-state index in [1.807, 2.05) is 17.8 Å². The third-order valence-electron chi connectivity index (χ3n) is 5.65. The number of aryl methyl sites for hydroxylation is 2. The van der Waals surface area contributed by atoms with Crippen molar-refractivity contribution < 1.29 is 4.39 Å². The highest BCUT2D eigenvalue weighted by Gasteiger charge is 2.44. The van der Waals surface area contributed by atoms with E-state index in [4.69, 9.17) is 4.99 Å². The zero-order valence-electron chi connectivity index (χ0n) is 17.9. The number of hydrogen-bond acceptors (Lipinski definition) is 2. The largest absolute Gasteiger partial charge is 0.357 e. The zero-order chi connectivity index (χ0) is 20.1. The van der Waals surface area contributed by atoms with Crippen molar-refractivity contribution >= 4 is 29.9 Å². The summed E-state index contributed by atoms with van der Waals surface area (Å²) in [4.78, 5) is 4.82. The fourth-order valence-corrected chi connectivity index (χ4v) is 3.86. The number of benzene rings is 1. The van der Waals surface area contributed by atoms with Crippen LogP contribution in [0.4, 0.5) is 4.39 Å². The van der Waals surface area contributed by atoms with Gasteiger partial charge in [-0.1, -0.05) is 26.0 Å². The lowest BCUT2D eigenvalue weighted by Gasteiger charge is -2.19. The molecule has 1 aromatic heterocycles. The molecule has 29 heavy (non-hydrogen) atoms. The number of nitrogens with zero attached hydrogens (tertiary/aromatic N) is 3. The number of halogens is 2. The molecule has 0 bridgehead atoms. The minimum absolute atomic E-state index is 0. The van der Waals surface area contributed by atoms with Crippen LogP contribution in [-0.4, -0.2) is 28.8 Å². The van der Waals surface area contributed by atoms with Gasteiger partial charge in [-0.3, -0.25) is 4.68 Å². The van der Waals surface area contributed by atoms with Crippen LogP contribution in [0.15, 0.2) is 29.3 Å². The first-order chi connectivity index (χ1) is 13.5. The third kappa shape index (κ3) is 5.49. The Kier molecular flexibility index (Phi) is 8.48. The molecule has 0 amide bonds. The van der Waals surface area contributed by atoms with Crippen LogP contribution in [0.1, 0.15) is 56.1 Å². The summed E-state index contributed by atoms with van der Waals surface area (Å²) < 4.78 is 15.6. The average molecular weight is 513 g/mol. The lowest BCUT2D eigenvalue weighted by atomic mass is 9.96. The maximum Gasteiger partial charge on any atom is 0.191 e. The molecule has 1 aliphatic rings. The van der Waals surface area contributed by atoms with Crippen molar-refractivity contribution in [3.05, 3.63) is 52.6 Å². The zero-order valence-corrected chi connectivity index (χ0v) is 20.2. The van der Waals surface area contributed by atoms with Gasteiger partial charge in [0.1, 0.15) is 5.82 Å². The molecule has 7 heteroatoms. The third-order valence-corrected chi connectivity index (χ3v) is 5.65. The number of aromatic nitrogens is 2. The summed E-state index contributed by atoms with van der Waals surface area (Å²) in [6, 6.07) is 6.99.